The lowest BCUT2D eigenvalue weighted by molar-refractivity contribution is 0.670. The van der Waals surface area contributed by atoms with Crippen molar-refractivity contribution in [1.29, 1.82) is 0 Å². The molecule has 0 unspecified atom stereocenters. The van der Waals surface area contributed by atoms with Gasteiger partial charge in [-0.3, -0.25) is 0 Å². The van der Waals surface area contributed by atoms with Crippen molar-refractivity contribution >= 4 is 54.3 Å². The van der Waals surface area contributed by atoms with Crippen molar-refractivity contribution in [3.63, 3.8) is 0 Å². The number of furan rings is 1. The number of rotatable bonds is 3. The summed E-state index contributed by atoms with van der Waals surface area (Å²) < 4.78 is 6.77. The van der Waals surface area contributed by atoms with Crippen molar-refractivity contribution in [2.45, 2.75) is 0 Å². The monoisotopic (exact) mass is 523 g/mol. The van der Waals surface area contributed by atoms with Gasteiger partial charge in [-0.1, -0.05) is 115 Å². The van der Waals surface area contributed by atoms with Crippen LogP contribution in [-0.2, 0) is 0 Å². The summed E-state index contributed by atoms with van der Waals surface area (Å²) in [5, 5.41) is 9.48. The van der Waals surface area contributed by atoms with Gasteiger partial charge in [0, 0.05) is 27.3 Å². The molecule has 0 radical (unpaired) electrons. The maximum absolute atomic E-state index is 6.77. The first kappa shape index (κ1) is 22.2. The molecule has 0 fully saturated rings. The van der Waals surface area contributed by atoms with Crippen LogP contribution in [0.3, 0.4) is 0 Å². The SMILES string of the molecule is c1ccc(-c2nc(-c3ccccc3)nc(-c3ccc4c5ccccc5c5c6ccccc6cc6oc3c4c65)n2)cc1. The van der Waals surface area contributed by atoms with Gasteiger partial charge in [-0.25, -0.2) is 15.0 Å². The average molecular weight is 524 g/mol. The van der Waals surface area contributed by atoms with Crippen LogP contribution < -0.4 is 0 Å². The molecule has 0 aliphatic heterocycles. The first-order chi connectivity index (χ1) is 20.3. The standard InChI is InChI=1S/C37H21N3O/c1-3-11-22(12-4-1)35-38-36(23-13-5-2-6-14-23)40-37(39-35)29-20-19-28-26-17-9-10-18-27(26)31-25-16-8-7-15-24(25)21-30-33(31)32(28)34(29)41-30/h1-21H. The molecular formula is C37H21N3O. The first-order valence-corrected chi connectivity index (χ1v) is 13.7. The van der Waals surface area contributed by atoms with Crippen molar-refractivity contribution < 1.29 is 4.42 Å². The molecule has 9 aromatic rings. The fourth-order valence-corrected chi connectivity index (χ4v) is 6.24. The van der Waals surface area contributed by atoms with Gasteiger partial charge in [0.05, 0.1) is 5.56 Å². The lowest BCUT2D eigenvalue weighted by Gasteiger charge is -2.12. The molecule has 4 heteroatoms. The molecule has 0 N–H and O–H groups in total. The normalized spacial score (nSPS) is 11.9. The Bertz CT molecular complexity index is 2350. The Labute approximate surface area is 234 Å². The molecule has 0 aliphatic carbocycles. The third-order valence-electron chi connectivity index (χ3n) is 8.06. The zero-order valence-corrected chi connectivity index (χ0v) is 21.9. The van der Waals surface area contributed by atoms with Crippen molar-refractivity contribution in [3.05, 3.63) is 127 Å². The van der Waals surface area contributed by atoms with Crippen molar-refractivity contribution in [2.24, 2.45) is 0 Å². The molecule has 7 aromatic carbocycles. The third-order valence-corrected chi connectivity index (χ3v) is 8.06. The topological polar surface area (TPSA) is 51.8 Å². The van der Waals surface area contributed by atoms with Gasteiger partial charge < -0.3 is 4.42 Å². The minimum absolute atomic E-state index is 0.591. The van der Waals surface area contributed by atoms with Crippen LogP contribution in [-0.4, -0.2) is 15.0 Å². The van der Waals surface area contributed by atoms with E-state index in [1.807, 2.05) is 60.7 Å². The number of hydrogen-bond acceptors (Lipinski definition) is 4. The van der Waals surface area contributed by atoms with Gasteiger partial charge in [0.25, 0.3) is 0 Å². The van der Waals surface area contributed by atoms with Gasteiger partial charge in [0.15, 0.2) is 17.5 Å². The van der Waals surface area contributed by atoms with E-state index in [-0.39, 0.29) is 0 Å². The van der Waals surface area contributed by atoms with E-state index in [1.165, 1.54) is 26.9 Å². The molecule has 4 nitrogen and oxygen atoms in total. The Hall–Kier alpha value is -5.61. The van der Waals surface area contributed by atoms with Gasteiger partial charge in [0.2, 0.25) is 0 Å². The van der Waals surface area contributed by atoms with Crippen LogP contribution in [0.25, 0.3) is 88.4 Å². The molecule has 9 rings (SSSR count). The fraction of sp³-hybridized carbons (Fsp3) is 0. The van der Waals surface area contributed by atoms with E-state index in [9.17, 15) is 0 Å². The molecule has 0 spiro atoms. The highest BCUT2D eigenvalue weighted by atomic mass is 16.3. The van der Waals surface area contributed by atoms with E-state index >= 15 is 0 Å². The summed E-state index contributed by atoms with van der Waals surface area (Å²) in [4.78, 5) is 14.9. The summed E-state index contributed by atoms with van der Waals surface area (Å²) in [7, 11) is 0. The van der Waals surface area contributed by atoms with E-state index in [0.717, 1.165) is 44.0 Å². The third kappa shape index (κ3) is 3.25. The number of aromatic nitrogens is 3. The summed E-state index contributed by atoms with van der Waals surface area (Å²) in [6.45, 7) is 0. The van der Waals surface area contributed by atoms with Crippen LogP contribution in [0.4, 0.5) is 0 Å². The fourth-order valence-electron chi connectivity index (χ4n) is 6.24. The Morgan fingerprint density at radius 1 is 0.415 bits per heavy atom. The Morgan fingerprint density at radius 3 is 1.68 bits per heavy atom. The summed E-state index contributed by atoms with van der Waals surface area (Å²) in [6, 6.07) is 43.8. The average Bonchev–Trinajstić information content (AvgIpc) is 3.43. The molecule has 2 aromatic heterocycles. The molecule has 0 atom stereocenters. The highest BCUT2D eigenvalue weighted by Crippen LogP contribution is 2.47. The number of benzene rings is 7. The Balaban J connectivity index is 1.42. The lowest BCUT2D eigenvalue weighted by Crippen LogP contribution is -2.00. The molecule has 0 saturated carbocycles. The van der Waals surface area contributed by atoms with Gasteiger partial charge in [0.1, 0.15) is 11.2 Å². The predicted octanol–water partition coefficient (Wildman–Crippen LogP) is 9.67. The summed E-state index contributed by atoms with van der Waals surface area (Å²) in [5.41, 5.74) is 4.40. The van der Waals surface area contributed by atoms with Gasteiger partial charge in [-0.05, 0) is 39.1 Å². The maximum atomic E-state index is 6.77. The smallest absolute Gasteiger partial charge is 0.167 e. The highest BCUT2D eigenvalue weighted by Gasteiger charge is 2.23. The number of hydrogen-bond donors (Lipinski definition) is 0. The lowest BCUT2D eigenvalue weighted by atomic mass is 9.90. The molecule has 0 bridgehead atoms. The molecule has 190 valence electrons. The van der Waals surface area contributed by atoms with Crippen LogP contribution in [0, 0.1) is 0 Å². The largest absolute Gasteiger partial charge is 0.455 e. The summed E-state index contributed by atoms with van der Waals surface area (Å²) in [6.07, 6.45) is 0. The van der Waals surface area contributed by atoms with Crippen LogP contribution in [0.1, 0.15) is 0 Å². The zero-order valence-electron chi connectivity index (χ0n) is 21.9. The van der Waals surface area contributed by atoms with Crippen LogP contribution in [0.15, 0.2) is 132 Å². The minimum atomic E-state index is 0.591. The molecule has 0 saturated heterocycles. The maximum Gasteiger partial charge on any atom is 0.167 e. The first-order valence-electron chi connectivity index (χ1n) is 13.7. The van der Waals surface area contributed by atoms with E-state index in [0.29, 0.717) is 17.5 Å². The molecule has 0 amide bonds. The number of fused-ring (bicyclic) bond motifs is 5. The van der Waals surface area contributed by atoms with E-state index in [4.69, 9.17) is 19.4 Å². The summed E-state index contributed by atoms with van der Waals surface area (Å²) in [5.74, 6) is 1.85. The second-order valence-corrected chi connectivity index (χ2v) is 10.4. The second kappa shape index (κ2) is 8.44. The van der Waals surface area contributed by atoms with E-state index < -0.39 is 0 Å². The van der Waals surface area contributed by atoms with Crippen LogP contribution in [0.5, 0.6) is 0 Å². The van der Waals surface area contributed by atoms with E-state index in [2.05, 4.69) is 66.7 Å². The second-order valence-electron chi connectivity index (χ2n) is 10.4. The zero-order chi connectivity index (χ0) is 26.9. The van der Waals surface area contributed by atoms with Crippen molar-refractivity contribution in [2.75, 3.05) is 0 Å². The van der Waals surface area contributed by atoms with Gasteiger partial charge >= 0.3 is 0 Å². The minimum Gasteiger partial charge on any atom is -0.455 e. The van der Waals surface area contributed by atoms with Crippen LogP contribution in [0.2, 0.25) is 0 Å². The Kier molecular flexibility index (Phi) is 4.58. The van der Waals surface area contributed by atoms with E-state index in [1.54, 1.807) is 0 Å². The Morgan fingerprint density at radius 2 is 0.976 bits per heavy atom. The van der Waals surface area contributed by atoms with Crippen molar-refractivity contribution in [1.82, 2.24) is 15.0 Å². The molecule has 2 heterocycles. The molecule has 41 heavy (non-hydrogen) atoms. The highest BCUT2D eigenvalue weighted by molar-refractivity contribution is 6.38. The predicted molar refractivity (Wildman–Crippen MR) is 167 cm³/mol. The number of nitrogens with zero attached hydrogens (tertiary/aromatic N) is 3. The molecule has 0 aliphatic rings. The van der Waals surface area contributed by atoms with Gasteiger partial charge in [-0.2, -0.15) is 0 Å². The quantitative estimate of drug-likeness (QED) is 0.216. The van der Waals surface area contributed by atoms with Gasteiger partial charge in [-0.15, -0.1) is 0 Å². The summed E-state index contributed by atoms with van der Waals surface area (Å²) >= 11 is 0. The van der Waals surface area contributed by atoms with Crippen LogP contribution >= 0.6 is 0 Å². The molecular weight excluding hydrogens is 502 g/mol. The van der Waals surface area contributed by atoms with Crippen molar-refractivity contribution in [3.8, 4) is 34.2 Å².